The van der Waals surface area contributed by atoms with Crippen LogP contribution >= 0.6 is 0 Å². The first-order valence-corrected chi connectivity index (χ1v) is 13.4. The summed E-state index contributed by atoms with van der Waals surface area (Å²) in [4.78, 5) is 101. The van der Waals surface area contributed by atoms with Gasteiger partial charge in [-0.15, -0.1) is 0 Å². The molecule has 0 atom stereocenters. The van der Waals surface area contributed by atoms with Gasteiger partial charge in [0.1, 0.15) is 5.78 Å². The number of rotatable bonds is 16. The molecule has 2 aliphatic rings. The van der Waals surface area contributed by atoms with Gasteiger partial charge in [0, 0.05) is 76.9 Å². The summed E-state index contributed by atoms with van der Waals surface area (Å²) in [5, 5.41) is 10.8. The zero-order valence-corrected chi connectivity index (χ0v) is 23.9. The molecule has 0 saturated carbocycles. The van der Waals surface area contributed by atoms with Crippen molar-refractivity contribution in [2.75, 3.05) is 44.8 Å². The predicted octanol–water partition coefficient (Wildman–Crippen LogP) is -0.969. The number of carboxylic acids is 1. The van der Waals surface area contributed by atoms with Crippen molar-refractivity contribution in [1.29, 1.82) is 0 Å². The lowest BCUT2D eigenvalue weighted by atomic mass is 10.1. The van der Waals surface area contributed by atoms with Crippen molar-refractivity contribution >= 4 is 58.7 Å². The maximum Gasteiger partial charge on any atom is 0.305 e. The standard InChI is InChI=1S/C20H26N6O6.C7H7NO4/c1-32-11-3-5-13(28)16-18(21)25-17(19(22)24-16)20(31)23-9-2-4-12(27)8-10-26-14(29)6-7-15(26)30;9-5-1-2-6(10)8(5)4-3-7(11)12/h6-7H,2-5,8-11H2,1H3,(H2,21,25)(H2,22,24)(H,23,31);1-2H,3-4H2,(H,11,12). The van der Waals surface area contributed by atoms with Crippen LogP contribution in [-0.4, -0.2) is 105 Å². The minimum Gasteiger partial charge on any atom is -0.481 e. The molecule has 2 aliphatic heterocycles. The van der Waals surface area contributed by atoms with Gasteiger partial charge in [0.05, 0.1) is 6.42 Å². The number of nitrogen functional groups attached to an aromatic ring is 2. The smallest absolute Gasteiger partial charge is 0.305 e. The van der Waals surface area contributed by atoms with Crippen LogP contribution in [0.1, 0.15) is 59.5 Å². The Morgan fingerprint density at radius 1 is 0.773 bits per heavy atom. The van der Waals surface area contributed by atoms with E-state index >= 15 is 0 Å². The Morgan fingerprint density at radius 2 is 1.27 bits per heavy atom. The lowest BCUT2D eigenvalue weighted by Crippen LogP contribution is -2.32. The Balaban J connectivity index is 0.000000469. The molecule has 3 heterocycles. The molecule has 6 N–H and O–H groups in total. The van der Waals surface area contributed by atoms with Crippen LogP contribution in [-0.2, 0) is 33.5 Å². The molecule has 17 nitrogen and oxygen atoms in total. The lowest BCUT2D eigenvalue weighted by molar-refractivity contribution is -0.141. The number of carbonyl (C=O) groups is 8. The van der Waals surface area contributed by atoms with Gasteiger partial charge in [0.25, 0.3) is 29.5 Å². The van der Waals surface area contributed by atoms with Crippen molar-refractivity contribution in [1.82, 2.24) is 25.1 Å². The number of methoxy groups -OCH3 is 1. The van der Waals surface area contributed by atoms with Gasteiger partial charge in [-0.3, -0.25) is 48.2 Å². The summed E-state index contributed by atoms with van der Waals surface area (Å²) < 4.78 is 4.89. The molecule has 1 aromatic rings. The number of nitrogens with two attached hydrogens (primary N) is 2. The fourth-order valence-corrected chi connectivity index (χ4v) is 3.77. The number of nitrogens with one attached hydrogen (secondary N) is 1. The van der Waals surface area contributed by atoms with E-state index in [1.54, 1.807) is 0 Å². The minimum absolute atomic E-state index is 0.0256. The molecule has 0 spiro atoms. The molecule has 5 amide bonds. The summed E-state index contributed by atoms with van der Waals surface area (Å²) in [6.45, 7) is 0.535. The van der Waals surface area contributed by atoms with Crippen LogP contribution in [0.2, 0.25) is 0 Å². The van der Waals surface area contributed by atoms with Gasteiger partial charge in [-0.1, -0.05) is 0 Å². The molecule has 0 radical (unpaired) electrons. The second-order valence-electron chi connectivity index (χ2n) is 9.33. The van der Waals surface area contributed by atoms with E-state index in [1.807, 2.05) is 0 Å². The van der Waals surface area contributed by atoms with E-state index in [2.05, 4.69) is 15.3 Å². The molecule has 0 saturated heterocycles. The first-order valence-electron chi connectivity index (χ1n) is 13.4. The molecular formula is C27H33N7O10. The van der Waals surface area contributed by atoms with Crippen molar-refractivity contribution in [3.8, 4) is 0 Å². The molecule has 0 bridgehead atoms. The lowest BCUT2D eigenvalue weighted by Gasteiger charge is -2.12. The van der Waals surface area contributed by atoms with E-state index in [0.29, 0.717) is 19.4 Å². The van der Waals surface area contributed by atoms with Crippen molar-refractivity contribution in [2.45, 2.75) is 38.5 Å². The second kappa shape index (κ2) is 17.0. The molecule has 3 rings (SSSR count). The number of aromatic nitrogens is 2. The van der Waals surface area contributed by atoms with Crippen LogP contribution in [0.4, 0.5) is 11.6 Å². The highest BCUT2D eigenvalue weighted by Crippen LogP contribution is 2.16. The van der Waals surface area contributed by atoms with Gasteiger partial charge in [-0.25, -0.2) is 9.97 Å². The maximum absolute atomic E-state index is 12.3. The fraction of sp³-hybridized carbons (Fsp3) is 0.407. The second-order valence-corrected chi connectivity index (χ2v) is 9.33. The summed E-state index contributed by atoms with van der Waals surface area (Å²) in [7, 11) is 1.52. The first-order chi connectivity index (χ1) is 20.8. The van der Waals surface area contributed by atoms with Crippen LogP contribution in [0.25, 0.3) is 0 Å². The van der Waals surface area contributed by atoms with Crippen molar-refractivity contribution in [3.63, 3.8) is 0 Å². The summed E-state index contributed by atoms with van der Waals surface area (Å²) in [5.41, 5.74) is 11.2. The first kappa shape index (κ1) is 34.9. The molecule has 0 aromatic carbocycles. The quantitative estimate of drug-likeness (QED) is 0.0991. The van der Waals surface area contributed by atoms with Crippen LogP contribution in [0.3, 0.4) is 0 Å². The summed E-state index contributed by atoms with van der Waals surface area (Å²) in [6, 6.07) is 0. The number of imide groups is 2. The number of Topliss-reactive ketones (excluding diaryl/α,β-unsaturated/α-hetero) is 2. The topological polar surface area (TPSA) is 262 Å². The van der Waals surface area contributed by atoms with Gasteiger partial charge in [-0.2, -0.15) is 0 Å². The molecule has 17 heteroatoms. The highest BCUT2D eigenvalue weighted by atomic mass is 16.5. The number of ketones is 2. The highest BCUT2D eigenvalue weighted by molar-refractivity contribution is 6.13. The van der Waals surface area contributed by atoms with Crippen LogP contribution in [0, 0.1) is 0 Å². The SMILES string of the molecule is COCCCC(=O)c1nc(N)c(C(=O)NCCCC(=O)CCN2C(=O)C=CC2=O)nc1N.O=C(O)CCN1C(=O)C=CC1=O. The predicted molar refractivity (Wildman–Crippen MR) is 151 cm³/mol. The molecule has 236 valence electrons. The van der Waals surface area contributed by atoms with Gasteiger partial charge in [0.2, 0.25) is 0 Å². The molecular weight excluding hydrogens is 582 g/mol. The van der Waals surface area contributed by atoms with Gasteiger partial charge < -0.3 is 26.6 Å². The number of nitrogens with zero attached hydrogens (tertiary/aromatic N) is 4. The van der Waals surface area contributed by atoms with Crippen molar-refractivity contribution in [2.24, 2.45) is 0 Å². The highest BCUT2D eigenvalue weighted by Gasteiger charge is 2.24. The number of aliphatic carboxylic acids is 1. The Bertz CT molecular complexity index is 1350. The van der Waals surface area contributed by atoms with E-state index in [0.717, 1.165) is 34.1 Å². The molecule has 0 fully saturated rings. The van der Waals surface area contributed by atoms with Crippen LogP contribution < -0.4 is 16.8 Å². The number of amides is 5. The molecule has 0 unspecified atom stereocenters. The largest absolute Gasteiger partial charge is 0.481 e. The monoisotopic (exact) mass is 615 g/mol. The third kappa shape index (κ3) is 10.5. The van der Waals surface area contributed by atoms with Crippen molar-refractivity contribution in [3.05, 3.63) is 35.7 Å². The van der Waals surface area contributed by atoms with Gasteiger partial charge in [-0.05, 0) is 12.8 Å². The fourth-order valence-electron chi connectivity index (χ4n) is 3.77. The Hall–Kier alpha value is -5.32. The molecule has 44 heavy (non-hydrogen) atoms. The van der Waals surface area contributed by atoms with E-state index in [-0.39, 0.29) is 79.9 Å². The Kier molecular flexibility index (Phi) is 13.4. The molecule has 1 aromatic heterocycles. The van der Waals surface area contributed by atoms with Gasteiger partial charge in [0.15, 0.2) is 28.8 Å². The summed E-state index contributed by atoms with van der Waals surface area (Å²) >= 11 is 0. The molecule has 0 aliphatic carbocycles. The third-order valence-electron chi connectivity index (χ3n) is 6.06. The zero-order valence-electron chi connectivity index (χ0n) is 23.9. The van der Waals surface area contributed by atoms with E-state index in [4.69, 9.17) is 21.3 Å². The number of hydrogen-bond acceptors (Lipinski definition) is 13. The number of ether oxygens (including phenoxy) is 1. The number of hydrogen-bond donors (Lipinski definition) is 4. The number of carboxylic acid groups (broad SMARTS) is 1. The normalized spacial score (nSPS) is 13.8. The van der Waals surface area contributed by atoms with Crippen LogP contribution in [0.5, 0.6) is 0 Å². The third-order valence-corrected chi connectivity index (χ3v) is 6.06. The zero-order chi connectivity index (χ0) is 32.8. The average molecular weight is 616 g/mol. The van der Waals surface area contributed by atoms with Crippen molar-refractivity contribution < 1.29 is 48.2 Å². The number of anilines is 2. The van der Waals surface area contributed by atoms with E-state index in [9.17, 15) is 38.4 Å². The van der Waals surface area contributed by atoms with Crippen LogP contribution in [0.15, 0.2) is 24.3 Å². The Labute approximate surface area is 251 Å². The van der Waals surface area contributed by atoms with E-state index in [1.165, 1.54) is 7.11 Å². The van der Waals surface area contributed by atoms with Gasteiger partial charge >= 0.3 is 5.97 Å². The van der Waals surface area contributed by atoms with E-state index < -0.39 is 35.5 Å². The maximum atomic E-state index is 12.3. The minimum atomic E-state index is -1.03. The Morgan fingerprint density at radius 3 is 1.80 bits per heavy atom. The number of carbonyl (C=O) groups excluding carboxylic acids is 7. The average Bonchev–Trinajstić information content (AvgIpc) is 3.48. The summed E-state index contributed by atoms with van der Waals surface area (Å²) in [6.07, 6.45) is 5.55. The summed E-state index contributed by atoms with van der Waals surface area (Å²) in [5.74, 6) is -4.33.